The van der Waals surface area contributed by atoms with Crippen molar-refractivity contribution < 1.29 is 19.8 Å². The van der Waals surface area contributed by atoms with Crippen LogP contribution in [0, 0.1) is 11.3 Å². The number of carbonyl (C=O) groups is 2. The average Bonchev–Trinajstić information content (AvgIpc) is 2.58. The largest absolute Gasteiger partial charge is 0.550 e. The van der Waals surface area contributed by atoms with Gasteiger partial charge in [0.15, 0.2) is 0 Å². The molecule has 0 saturated carbocycles. The zero-order valence-electron chi connectivity index (χ0n) is 15.5. The van der Waals surface area contributed by atoms with Crippen molar-refractivity contribution in [3.05, 3.63) is 35.9 Å². The molecule has 4 nitrogen and oxygen atoms in total. The van der Waals surface area contributed by atoms with Gasteiger partial charge in [-0.2, -0.15) is 0 Å². The normalized spacial score (nSPS) is 14.6. The third kappa shape index (κ3) is 7.29. The van der Waals surface area contributed by atoms with Gasteiger partial charge >= 0.3 is 0 Å². The summed E-state index contributed by atoms with van der Waals surface area (Å²) in [6.07, 6.45) is 5.48. The van der Waals surface area contributed by atoms with Crippen LogP contribution in [0.15, 0.2) is 30.3 Å². The van der Waals surface area contributed by atoms with E-state index >= 15 is 0 Å². The minimum absolute atomic E-state index is 0.116. The van der Waals surface area contributed by atoms with Gasteiger partial charge in [-0.15, -0.1) is 0 Å². The fraction of sp³-hybridized carbons (Fsp3) is 0.619. The van der Waals surface area contributed by atoms with Gasteiger partial charge in [0, 0.05) is 17.4 Å². The highest BCUT2D eigenvalue weighted by Crippen LogP contribution is 2.38. The molecule has 1 rings (SSSR count). The van der Waals surface area contributed by atoms with Gasteiger partial charge in [0.05, 0.1) is 0 Å². The molecule has 0 amide bonds. The van der Waals surface area contributed by atoms with E-state index in [0.29, 0.717) is 31.6 Å². The molecule has 140 valence electrons. The summed E-state index contributed by atoms with van der Waals surface area (Å²) in [7, 11) is 0. The molecule has 4 heteroatoms. The highest BCUT2D eigenvalue weighted by Gasteiger charge is 2.34. The van der Waals surface area contributed by atoms with Crippen LogP contribution in [-0.2, 0) is 16.0 Å². The Morgan fingerprint density at radius 1 is 1.08 bits per heavy atom. The Morgan fingerprint density at radius 2 is 1.76 bits per heavy atom. The smallest absolute Gasteiger partial charge is 0.0479 e. The van der Waals surface area contributed by atoms with Crippen LogP contribution in [0.4, 0.5) is 0 Å². The van der Waals surface area contributed by atoms with Crippen molar-refractivity contribution in [2.24, 2.45) is 11.3 Å². The van der Waals surface area contributed by atoms with Gasteiger partial charge in [-0.3, -0.25) is 0 Å². The minimum Gasteiger partial charge on any atom is -0.550 e. The second kappa shape index (κ2) is 10.9. The van der Waals surface area contributed by atoms with Crippen LogP contribution in [0.5, 0.6) is 0 Å². The first-order valence-corrected chi connectivity index (χ1v) is 9.38. The van der Waals surface area contributed by atoms with Crippen molar-refractivity contribution in [2.75, 3.05) is 0 Å². The minimum atomic E-state index is -1.13. The molecule has 0 saturated heterocycles. The summed E-state index contributed by atoms with van der Waals surface area (Å²) in [5.74, 6) is -1.89. The van der Waals surface area contributed by atoms with E-state index in [1.807, 2.05) is 30.3 Å². The lowest BCUT2D eigenvalue weighted by molar-refractivity contribution is -0.321. The molecule has 0 heterocycles. The summed E-state index contributed by atoms with van der Waals surface area (Å²) in [4.78, 5) is 22.9. The SMILES string of the molecule is CCCCC(CC)CC(CCCC(=O)[O-])(Cc1ccccc1)C(=O)[O-]. The molecule has 0 radical (unpaired) electrons. The van der Waals surface area contributed by atoms with Gasteiger partial charge in [-0.1, -0.05) is 69.9 Å². The lowest BCUT2D eigenvalue weighted by atomic mass is 9.70. The molecule has 0 N–H and O–H groups in total. The zero-order chi connectivity index (χ0) is 18.7. The molecule has 0 aromatic heterocycles. The number of hydrogen-bond donors (Lipinski definition) is 0. The molecule has 0 aliphatic carbocycles. The van der Waals surface area contributed by atoms with E-state index in [1.165, 1.54) is 0 Å². The second-order valence-electron chi connectivity index (χ2n) is 7.08. The van der Waals surface area contributed by atoms with E-state index in [-0.39, 0.29) is 6.42 Å². The lowest BCUT2D eigenvalue weighted by Crippen LogP contribution is -2.45. The molecule has 2 unspecified atom stereocenters. The summed E-state index contributed by atoms with van der Waals surface area (Å²) in [5.41, 5.74) is -0.0731. The van der Waals surface area contributed by atoms with Gasteiger partial charge in [-0.25, -0.2) is 0 Å². The number of hydrogen-bond acceptors (Lipinski definition) is 4. The quantitative estimate of drug-likeness (QED) is 0.549. The number of carbonyl (C=O) groups excluding carboxylic acids is 2. The first-order valence-electron chi connectivity index (χ1n) is 9.38. The number of benzene rings is 1. The summed E-state index contributed by atoms with van der Waals surface area (Å²) >= 11 is 0. The molecular weight excluding hydrogens is 316 g/mol. The fourth-order valence-corrected chi connectivity index (χ4v) is 3.57. The Morgan fingerprint density at radius 3 is 2.28 bits per heavy atom. The maximum Gasteiger partial charge on any atom is 0.0479 e. The average molecular weight is 346 g/mol. The molecular formula is C21H30O4-2. The van der Waals surface area contributed by atoms with Crippen LogP contribution in [0.25, 0.3) is 0 Å². The maximum absolute atomic E-state index is 12.2. The van der Waals surface area contributed by atoms with E-state index < -0.39 is 17.4 Å². The molecule has 0 fully saturated rings. The molecule has 0 aliphatic heterocycles. The van der Waals surface area contributed by atoms with Crippen molar-refractivity contribution in [3.8, 4) is 0 Å². The van der Waals surface area contributed by atoms with Gasteiger partial charge in [0.25, 0.3) is 0 Å². The van der Waals surface area contributed by atoms with Crippen molar-refractivity contribution >= 4 is 11.9 Å². The van der Waals surface area contributed by atoms with Crippen LogP contribution in [-0.4, -0.2) is 11.9 Å². The Balaban J connectivity index is 3.01. The fourth-order valence-electron chi connectivity index (χ4n) is 3.57. The van der Waals surface area contributed by atoms with Gasteiger partial charge < -0.3 is 19.8 Å². The topological polar surface area (TPSA) is 80.3 Å². The Kier molecular flexibility index (Phi) is 9.25. The monoisotopic (exact) mass is 346 g/mol. The van der Waals surface area contributed by atoms with Crippen LogP contribution in [0.3, 0.4) is 0 Å². The van der Waals surface area contributed by atoms with E-state index in [4.69, 9.17) is 0 Å². The van der Waals surface area contributed by atoms with Gasteiger partial charge in [0.2, 0.25) is 0 Å². The number of carboxylic acids is 2. The van der Waals surface area contributed by atoms with Crippen molar-refractivity contribution in [1.82, 2.24) is 0 Å². The molecule has 25 heavy (non-hydrogen) atoms. The molecule has 0 spiro atoms. The molecule has 0 bridgehead atoms. The summed E-state index contributed by atoms with van der Waals surface area (Å²) in [6, 6.07) is 9.53. The zero-order valence-corrected chi connectivity index (χ0v) is 15.5. The maximum atomic E-state index is 12.2. The first-order chi connectivity index (χ1) is 11.9. The third-order valence-corrected chi connectivity index (χ3v) is 5.08. The van der Waals surface area contributed by atoms with Crippen molar-refractivity contribution in [2.45, 2.75) is 71.6 Å². The van der Waals surface area contributed by atoms with E-state index in [1.54, 1.807) is 0 Å². The molecule has 1 aromatic carbocycles. The third-order valence-electron chi connectivity index (χ3n) is 5.08. The molecule has 2 atom stereocenters. The predicted molar refractivity (Wildman–Crippen MR) is 94.4 cm³/mol. The Hall–Kier alpha value is -1.84. The number of carboxylic acid groups (broad SMARTS) is 2. The first kappa shape index (κ1) is 21.2. The van der Waals surface area contributed by atoms with Crippen LogP contribution in [0.1, 0.15) is 70.8 Å². The predicted octanol–water partition coefficient (Wildman–Crippen LogP) is 2.49. The van der Waals surface area contributed by atoms with E-state index in [0.717, 1.165) is 31.2 Å². The van der Waals surface area contributed by atoms with E-state index in [2.05, 4.69) is 13.8 Å². The van der Waals surface area contributed by atoms with Crippen molar-refractivity contribution in [1.29, 1.82) is 0 Å². The summed E-state index contributed by atoms with van der Waals surface area (Å²) < 4.78 is 0. The standard InChI is InChI=1S/C21H32O4/c1-3-5-10-17(4-2)15-21(20(24)25,14-9-13-19(22)23)16-18-11-7-6-8-12-18/h6-8,11-12,17H,3-5,9-10,13-16H2,1-2H3,(H,22,23)(H,24,25)/p-2. The Bertz CT molecular complexity index is 526. The van der Waals surface area contributed by atoms with Gasteiger partial charge in [-0.05, 0) is 43.6 Å². The van der Waals surface area contributed by atoms with Crippen molar-refractivity contribution in [3.63, 3.8) is 0 Å². The van der Waals surface area contributed by atoms with Crippen LogP contribution >= 0.6 is 0 Å². The second-order valence-corrected chi connectivity index (χ2v) is 7.08. The van der Waals surface area contributed by atoms with Gasteiger partial charge in [0.1, 0.15) is 0 Å². The highest BCUT2D eigenvalue weighted by molar-refractivity contribution is 5.73. The summed E-state index contributed by atoms with van der Waals surface area (Å²) in [5, 5.41) is 22.9. The van der Waals surface area contributed by atoms with E-state index in [9.17, 15) is 19.8 Å². The number of rotatable bonds is 13. The summed E-state index contributed by atoms with van der Waals surface area (Å²) in [6.45, 7) is 4.21. The number of aliphatic carboxylic acids is 2. The lowest BCUT2D eigenvalue weighted by Gasteiger charge is -2.38. The van der Waals surface area contributed by atoms with Crippen LogP contribution in [0.2, 0.25) is 0 Å². The molecule has 1 aromatic rings. The Labute approximate surface area is 151 Å². The molecule has 0 aliphatic rings. The van der Waals surface area contributed by atoms with Crippen LogP contribution < -0.4 is 10.2 Å². The number of unbranched alkanes of at least 4 members (excludes halogenated alkanes) is 1. The highest BCUT2D eigenvalue weighted by atomic mass is 16.4.